The Balaban J connectivity index is 2.09. The van der Waals surface area contributed by atoms with Gasteiger partial charge in [-0.2, -0.15) is 0 Å². The van der Waals surface area contributed by atoms with E-state index in [1.165, 1.54) is 11.3 Å². The summed E-state index contributed by atoms with van der Waals surface area (Å²) in [6.45, 7) is 6.48. The van der Waals surface area contributed by atoms with E-state index in [1.54, 1.807) is 12.3 Å². The molecule has 0 spiro atoms. The number of hydrogen-bond acceptors (Lipinski definition) is 6. The molecule has 1 aliphatic heterocycles. The first-order chi connectivity index (χ1) is 8.22. The maximum atomic E-state index is 11.5. The predicted molar refractivity (Wildman–Crippen MR) is 65.7 cm³/mol. The number of hydrogen-bond donors (Lipinski definition) is 0. The van der Waals surface area contributed by atoms with Crippen LogP contribution in [0.5, 0.6) is 0 Å². The van der Waals surface area contributed by atoms with Gasteiger partial charge in [0.15, 0.2) is 10.8 Å². The first-order valence-electron chi connectivity index (χ1n) is 5.69. The average molecular weight is 256 g/mol. The van der Waals surface area contributed by atoms with E-state index >= 15 is 0 Å². The fraction of sp³-hybridized carbons (Fsp3) is 0.636. The summed E-state index contributed by atoms with van der Waals surface area (Å²) >= 11 is 1.47. The fourth-order valence-corrected chi connectivity index (χ4v) is 2.63. The highest BCUT2D eigenvalue weighted by atomic mass is 32.1. The summed E-state index contributed by atoms with van der Waals surface area (Å²) in [7, 11) is 0. The Hall–Kier alpha value is -1.14. The van der Waals surface area contributed by atoms with Crippen LogP contribution in [0.4, 0.5) is 5.13 Å². The number of anilines is 1. The molecule has 1 saturated heterocycles. The summed E-state index contributed by atoms with van der Waals surface area (Å²) in [4.78, 5) is 18.0. The van der Waals surface area contributed by atoms with Crippen LogP contribution in [0.3, 0.4) is 0 Å². The van der Waals surface area contributed by atoms with E-state index in [0.717, 1.165) is 11.7 Å². The third-order valence-corrected chi connectivity index (χ3v) is 3.47. The van der Waals surface area contributed by atoms with Crippen molar-refractivity contribution < 1.29 is 14.3 Å². The Morgan fingerprint density at radius 1 is 1.76 bits per heavy atom. The van der Waals surface area contributed by atoms with Crippen molar-refractivity contribution in [3.8, 4) is 0 Å². The van der Waals surface area contributed by atoms with Crippen molar-refractivity contribution in [1.82, 2.24) is 4.98 Å². The highest BCUT2D eigenvalue weighted by Gasteiger charge is 2.23. The Labute approximate surface area is 104 Å². The van der Waals surface area contributed by atoms with Gasteiger partial charge in [0.25, 0.3) is 0 Å². The van der Waals surface area contributed by atoms with Gasteiger partial charge in [-0.05, 0) is 13.8 Å². The molecule has 0 radical (unpaired) electrons. The number of ether oxygens (including phenoxy) is 2. The average Bonchev–Trinajstić information content (AvgIpc) is 2.79. The van der Waals surface area contributed by atoms with Crippen LogP contribution in [-0.2, 0) is 9.47 Å². The molecule has 0 aliphatic carbocycles. The molecule has 0 aromatic carbocycles. The topological polar surface area (TPSA) is 51.7 Å². The van der Waals surface area contributed by atoms with Gasteiger partial charge in [-0.25, -0.2) is 9.78 Å². The Morgan fingerprint density at radius 2 is 2.59 bits per heavy atom. The van der Waals surface area contributed by atoms with E-state index in [0.29, 0.717) is 31.6 Å². The zero-order chi connectivity index (χ0) is 12.3. The predicted octanol–water partition coefficient (Wildman–Crippen LogP) is 1.54. The molecule has 1 aromatic rings. The lowest BCUT2D eigenvalue weighted by molar-refractivity contribution is 0.0520. The molecule has 1 aromatic heterocycles. The van der Waals surface area contributed by atoms with Crippen LogP contribution in [0.2, 0.25) is 0 Å². The van der Waals surface area contributed by atoms with Gasteiger partial charge in [0.1, 0.15) is 0 Å². The van der Waals surface area contributed by atoms with Crippen LogP contribution >= 0.6 is 11.3 Å². The van der Waals surface area contributed by atoms with E-state index in [1.807, 2.05) is 0 Å². The number of nitrogens with zero attached hydrogens (tertiary/aromatic N) is 2. The maximum absolute atomic E-state index is 11.5. The molecule has 0 bridgehead atoms. The largest absolute Gasteiger partial charge is 0.461 e. The Morgan fingerprint density at radius 3 is 3.29 bits per heavy atom. The van der Waals surface area contributed by atoms with Gasteiger partial charge >= 0.3 is 5.97 Å². The number of rotatable bonds is 3. The van der Waals surface area contributed by atoms with E-state index in [2.05, 4.69) is 16.8 Å². The quantitative estimate of drug-likeness (QED) is 0.768. The number of aromatic nitrogens is 1. The van der Waals surface area contributed by atoms with E-state index in [4.69, 9.17) is 9.47 Å². The SMILES string of the molecule is CCOC(=O)c1csc(N2CCOCC2C)n1. The van der Waals surface area contributed by atoms with Crippen LogP contribution in [-0.4, -0.2) is 43.4 Å². The molecule has 0 saturated carbocycles. The zero-order valence-electron chi connectivity index (χ0n) is 10.0. The lowest BCUT2D eigenvalue weighted by Crippen LogP contribution is -2.43. The number of thiazole rings is 1. The van der Waals surface area contributed by atoms with Crippen molar-refractivity contribution in [2.75, 3.05) is 31.3 Å². The molecule has 17 heavy (non-hydrogen) atoms. The lowest BCUT2D eigenvalue weighted by atomic mass is 10.3. The standard InChI is InChI=1S/C11H16N2O3S/c1-3-16-10(14)9-7-17-11(12-9)13-4-5-15-6-8(13)2/h7-8H,3-6H2,1-2H3. The van der Waals surface area contributed by atoms with Gasteiger partial charge in [-0.15, -0.1) is 11.3 Å². The van der Waals surface area contributed by atoms with Gasteiger partial charge in [0.2, 0.25) is 0 Å². The van der Waals surface area contributed by atoms with E-state index in [9.17, 15) is 4.79 Å². The molecule has 0 N–H and O–H groups in total. The Bertz CT molecular complexity index is 394. The minimum Gasteiger partial charge on any atom is -0.461 e. The molecule has 2 heterocycles. The summed E-state index contributed by atoms with van der Waals surface area (Å²) in [5.41, 5.74) is 0.394. The van der Waals surface area contributed by atoms with Crippen molar-refractivity contribution >= 4 is 22.4 Å². The highest BCUT2D eigenvalue weighted by Crippen LogP contribution is 2.24. The molecule has 0 amide bonds. The summed E-state index contributed by atoms with van der Waals surface area (Å²) in [5.74, 6) is -0.351. The molecule has 1 atom stereocenters. The molecule has 6 heteroatoms. The summed E-state index contributed by atoms with van der Waals surface area (Å²) in [6.07, 6.45) is 0. The first kappa shape index (κ1) is 12.3. The minimum atomic E-state index is -0.351. The van der Waals surface area contributed by atoms with Gasteiger partial charge in [-0.3, -0.25) is 0 Å². The van der Waals surface area contributed by atoms with Crippen LogP contribution in [0.25, 0.3) is 0 Å². The molecule has 5 nitrogen and oxygen atoms in total. The monoisotopic (exact) mass is 256 g/mol. The van der Waals surface area contributed by atoms with E-state index in [-0.39, 0.29) is 5.97 Å². The summed E-state index contributed by atoms with van der Waals surface area (Å²) < 4.78 is 10.3. The lowest BCUT2D eigenvalue weighted by Gasteiger charge is -2.32. The maximum Gasteiger partial charge on any atom is 0.357 e. The van der Waals surface area contributed by atoms with Crippen molar-refractivity contribution in [2.45, 2.75) is 19.9 Å². The van der Waals surface area contributed by atoms with Crippen LogP contribution < -0.4 is 4.90 Å². The molecule has 1 fully saturated rings. The second-order valence-electron chi connectivity index (χ2n) is 3.85. The minimum absolute atomic E-state index is 0.296. The molecule has 94 valence electrons. The fourth-order valence-electron chi connectivity index (χ4n) is 1.71. The van der Waals surface area contributed by atoms with Gasteiger partial charge in [0.05, 0.1) is 25.9 Å². The Kier molecular flexibility index (Phi) is 3.96. The van der Waals surface area contributed by atoms with Crippen LogP contribution in [0, 0.1) is 0 Å². The molecular weight excluding hydrogens is 240 g/mol. The molecular formula is C11H16N2O3S. The highest BCUT2D eigenvalue weighted by molar-refractivity contribution is 7.13. The number of carbonyl (C=O) groups excluding carboxylic acids is 1. The summed E-state index contributed by atoms with van der Waals surface area (Å²) in [6, 6.07) is 0.296. The first-order valence-corrected chi connectivity index (χ1v) is 6.57. The third kappa shape index (κ3) is 2.76. The van der Waals surface area contributed by atoms with Crippen molar-refractivity contribution in [3.05, 3.63) is 11.1 Å². The van der Waals surface area contributed by atoms with Crippen molar-refractivity contribution in [2.24, 2.45) is 0 Å². The second kappa shape index (κ2) is 5.46. The smallest absolute Gasteiger partial charge is 0.357 e. The van der Waals surface area contributed by atoms with Crippen molar-refractivity contribution in [1.29, 1.82) is 0 Å². The van der Waals surface area contributed by atoms with Gasteiger partial charge in [0, 0.05) is 11.9 Å². The molecule has 1 aliphatic rings. The molecule has 2 rings (SSSR count). The summed E-state index contributed by atoms with van der Waals surface area (Å²) in [5, 5.41) is 2.61. The van der Waals surface area contributed by atoms with Crippen molar-refractivity contribution in [3.63, 3.8) is 0 Å². The number of morpholine rings is 1. The normalized spacial score (nSPS) is 20.4. The van der Waals surface area contributed by atoms with Crippen LogP contribution in [0.15, 0.2) is 5.38 Å². The number of esters is 1. The van der Waals surface area contributed by atoms with E-state index < -0.39 is 0 Å². The van der Waals surface area contributed by atoms with Crippen LogP contribution in [0.1, 0.15) is 24.3 Å². The molecule has 1 unspecified atom stereocenters. The van der Waals surface area contributed by atoms with Gasteiger partial charge < -0.3 is 14.4 Å². The third-order valence-electron chi connectivity index (χ3n) is 2.59. The van der Waals surface area contributed by atoms with Gasteiger partial charge in [-0.1, -0.05) is 0 Å². The zero-order valence-corrected chi connectivity index (χ0v) is 10.8. The second-order valence-corrected chi connectivity index (χ2v) is 4.69. The number of carbonyl (C=O) groups is 1.